The molecule has 0 rings (SSSR count). The van der Waals surface area contributed by atoms with E-state index in [4.69, 9.17) is 15.6 Å². The van der Waals surface area contributed by atoms with Gasteiger partial charge < -0.3 is 20.9 Å². The van der Waals surface area contributed by atoms with Crippen molar-refractivity contribution < 1.29 is 14.6 Å². The van der Waals surface area contributed by atoms with Crippen LogP contribution in [0.15, 0.2) is 0 Å². The Hall–Kier alpha value is -0.650. The van der Waals surface area contributed by atoms with E-state index in [2.05, 4.69) is 12.2 Å². The average Bonchev–Trinajstić information content (AvgIpc) is 2.26. The van der Waals surface area contributed by atoms with E-state index in [0.29, 0.717) is 19.4 Å². The fourth-order valence-corrected chi connectivity index (χ4v) is 1.42. The zero-order valence-corrected chi connectivity index (χ0v) is 10.2. The van der Waals surface area contributed by atoms with Gasteiger partial charge >= 0.3 is 0 Å². The van der Waals surface area contributed by atoms with Crippen LogP contribution in [0.5, 0.6) is 0 Å². The van der Waals surface area contributed by atoms with E-state index in [1.165, 1.54) is 0 Å². The lowest BCUT2D eigenvalue weighted by Crippen LogP contribution is -2.47. The first-order valence-corrected chi connectivity index (χ1v) is 5.81. The third kappa shape index (κ3) is 6.76. The molecule has 1 unspecified atom stereocenters. The van der Waals surface area contributed by atoms with Crippen LogP contribution in [-0.4, -0.2) is 43.4 Å². The maximum absolute atomic E-state index is 11.6. The first kappa shape index (κ1) is 15.3. The van der Waals surface area contributed by atoms with Crippen LogP contribution in [0.4, 0.5) is 0 Å². The van der Waals surface area contributed by atoms with Gasteiger partial charge in [0.1, 0.15) is 0 Å². The smallest absolute Gasteiger partial charge is 0.237 e. The predicted octanol–water partition coefficient (Wildman–Crippen LogP) is 0.0175. The van der Waals surface area contributed by atoms with Gasteiger partial charge in [-0.25, -0.2) is 0 Å². The summed E-state index contributed by atoms with van der Waals surface area (Å²) in [5.74, 6) is -0.163. The number of nitrogens with one attached hydrogen (secondary N) is 1. The molecule has 0 aliphatic heterocycles. The summed E-state index contributed by atoms with van der Waals surface area (Å²) in [5, 5.41) is 11.6. The Morgan fingerprint density at radius 3 is 2.69 bits per heavy atom. The molecule has 0 aliphatic rings. The molecule has 0 saturated heterocycles. The summed E-state index contributed by atoms with van der Waals surface area (Å²) in [5.41, 5.74) is 5.73. The Balaban J connectivity index is 3.96. The van der Waals surface area contributed by atoms with Gasteiger partial charge in [0, 0.05) is 13.7 Å². The minimum absolute atomic E-state index is 0.0263. The van der Waals surface area contributed by atoms with Gasteiger partial charge in [-0.2, -0.15) is 0 Å². The molecular weight excluding hydrogens is 208 g/mol. The number of amides is 1. The number of methoxy groups -OCH3 is 1. The van der Waals surface area contributed by atoms with Crippen molar-refractivity contribution in [1.29, 1.82) is 0 Å². The monoisotopic (exact) mass is 232 g/mol. The summed E-state index contributed by atoms with van der Waals surface area (Å²) in [7, 11) is 1.56. The summed E-state index contributed by atoms with van der Waals surface area (Å²) in [6.45, 7) is 2.48. The summed E-state index contributed by atoms with van der Waals surface area (Å²) in [4.78, 5) is 11.6. The number of hydrogen-bond acceptors (Lipinski definition) is 4. The van der Waals surface area contributed by atoms with E-state index >= 15 is 0 Å². The van der Waals surface area contributed by atoms with E-state index in [9.17, 15) is 4.79 Å². The molecule has 0 saturated carbocycles. The predicted molar refractivity (Wildman–Crippen MR) is 63.0 cm³/mol. The highest BCUT2D eigenvalue weighted by Gasteiger charge is 2.17. The topological polar surface area (TPSA) is 84.6 Å². The lowest BCUT2D eigenvalue weighted by molar-refractivity contribution is -0.123. The number of unbranched alkanes of at least 4 members (excludes halogenated alkanes) is 1. The van der Waals surface area contributed by atoms with Crippen LogP contribution in [0, 0.1) is 0 Å². The molecule has 0 aromatic rings. The van der Waals surface area contributed by atoms with Gasteiger partial charge in [0.2, 0.25) is 5.91 Å². The van der Waals surface area contributed by atoms with Gasteiger partial charge in [-0.3, -0.25) is 4.79 Å². The van der Waals surface area contributed by atoms with Crippen molar-refractivity contribution >= 4 is 5.91 Å². The molecule has 0 aromatic carbocycles. The van der Waals surface area contributed by atoms with Gasteiger partial charge in [-0.05, 0) is 12.8 Å². The van der Waals surface area contributed by atoms with Crippen molar-refractivity contribution in [3.63, 3.8) is 0 Å². The summed E-state index contributed by atoms with van der Waals surface area (Å²) in [6, 6.07) is -0.617. The van der Waals surface area contributed by atoms with Crippen molar-refractivity contribution in [2.45, 2.75) is 44.7 Å². The third-order valence-corrected chi connectivity index (χ3v) is 2.40. The van der Waals surface area contributed by atoms with Crippen LogP contribution in [0.25, 0.3) is 0 Å². The molecule has 96 valence electrons. The zero-order chi connectivity index (χ0) is 12.4. The normalized spacial score (nSPS) is 14.5. The minimum atomic E-state index is -0.460. The van der Waals surface area contributed by atoms with Crippen molar-refractivity contribution in [2.24, 2.45) is 5.73 Å². The number of aliphatic hydroxyl groups excluding tert-OH is 1. The van der Waals surface area contributed by atoms with Crippen LogP contribution in [0.1, 0.15) is 32.6 Å². The number of ether oxygens (including phenoxy) is 1. The molecule has 5 nitrogen and oxygen atoms in total. The molecule has 0 radical (unpaired) electrons. The lowest BCUT2D eigenvalue weighted by Gasteiger charge is -2.19. The van der Waals surface area contributed by atoms with Crippen LogP contribution in [0.3, 0.4) is 0 Å². The van der Waals surface area contributed by atoms with Crippen molar-refractivity contribution in [3.05, 3.63) is 0 Å². The summed E-state index contributed by atoms with van der Waals surface area (Å²) >= 11 is 0. The fourth-order valence-electron chi connectivity index (χ4n) is 1.42. The minimum Gasteiger partial charge on any atom is -0.396 e. The number of aliphatic hydroxyl groups is 1. The van der Waals surface area contributed by atoms with Crippen LogP contribution in [0.2, 0.25) is 0 Å². The molecule has 4 N–H and O–H groups in total. The van der Waals surface area contributed by atoms with Crippen molar-refractivity contribution in [2.75, 3.05) is 20.3 Å². The van der Waals surface area contributed by atoms with Gasteiger partial charge in [0.25, 0.3) is 0 Å². The first-order valence-electron chi connectivity index (χ1n) is 5.81. The van der Waals surface area contributed by atoms with E-state index in [0.717, 1.165) is 12.8 Å². The zero-order valence-electron chi connectivity index (χ0n) is 10.2. The molecular formula is C11H24N2O3. The first-order chi connectivity index (χ1) is 7.65. The second-order valence-corrected chi connectivity index (χ2v) is 3.92. The molecule has 0 fully saturated rings. The molecule has 0 bridgehead atoms. The van der Waals surface area contributed by atoms with Crippen molar-refractivity contribution in [3.8, 4) is 0 Å². The highest BCUT2D eigenvalue weighted by Crippen LogP contribution is 2.00. The molecule has 2 atom stereocenters. The molecule has 0 heterocycles. The van der Waals surface area contributed by atoms with E-state index in [1.807, 2.05) is 0 Å². The van der Waals surface area contributed by atoms with Gasteiger partial charge in [0.15, 0.2) is 0 Å². The molecule has 1 amide bonds. The second kappa shape index (κ2) is 9.57. The molecule has 0 aliphatic carbocycles. The third-order valence-electron chi connectivity index (χ3n) is 2.40. The largest absolute Gasteiger partial charge is 0.396 e. The maximum atomic E-state index is 11.6. The van der Waals surface area contributed by atoms with Gasteiger partial charge in [-0.15, -0.1) is 0 Å². The van der Waals surface area contributed by atoms with Crippen LogP contribution in [-0.2, 0) is 9.53 Å². The van der Waals surface area contributed by atoms with Crippen LogP contribution < -0.4 is 11.1 Å². The molecule has 0 spiro atoms. The number of rotatable bonds is 9. The maximum Gasteiger partial charge on any atom is 0.237 e. The highest BCUT2D eigenvalue weighted by atomic mass is 16.5. The van der Waals surface area contributed by atoms with E-state index in [-0.39, 0.29) is 18.6 Å². The fraction of sp³-hybridized carbons (Fsp3) is 0.909. The lowest BCUT2D eigenvalue weighted by atomic mass is 10.1. The molecule has 5 heteroatoms. The quantitative estimate of drug-likeness (QED) is 0.523. The SMILES string of the molecule is CCCC[C@H](N)C(=O)NC(CCO)COC. The van der Waals surface area contributed by atoms with Gasteiger partial charge in [-0.1, -0.05) is 19.8 Å². The Morgan fingerprint density at radius 2 is 2.19 bits per heavy atom. The van der Waals surface area contributed by atoms with E-state index < -0.39 is 6.04 Å². The van der Waals surface area contributed by atoms with Crippen molar-refractivity contribution in [1.82, 2.24) is 5.32 Å². The Kier molecular flexibility index (Phi) is 9.18. The number of carbonyl (C=O) groups is 1. The summed E-state index contributed by atoms with van der Waals surface area (Å²) < 4.78 is 4.95. The Bertz CT molecular complexity index is 182. The van der Waals surface area contributed by atoms with E-state index in [1.54, 1.807) is 7.11 Å². The highest BCUT2D eigenvalue weighted by molar-refractivity contribution is 5.81. The second-order valence-electron chi connectivity index (χ2n) is 3.92. The standard InChI is InChI=1S/C11H24N2O3/c1-3-4-5-10(12)11(15)13-9(6-7-14)8-16-2/h9-10,14H,3-8,12H2,1-2H3,(H,13,15)/t9?,10-/m0/s1. The Morgan fingerprint density at radius 1 is 1.50 bits per heavy atom. The number of carbonyl (C=O) groups excluding carboxylic acids is 1. The number of nitrogens with two attached hydrogens (primary N) is 1. The Labute approximate surface area is 97.3 Å². The summed E-state index contributed by atoms with van der Waals surface area (Å²) in [6.07, 6.45) is 3.16. The van der Waals surface area contributed by atoms with Crippen LogP contribution >= 0.6 is 0 Å². The molecule has 16 heavy (non-hydrogen) atoms. The average molecular weight is 232 g/mol. The number of hydrogen-bond donors (Lipinski definition) is 3. The van der Waals surface area contributed by atoms with Gasteiger partial charge in [0.05, 0.1) is 18.7 Å². The molecule has 0 aromatic heterocycles.